The van der Waals surface area contributed by atoms with Gasteiger partial charge in [0.15, 0.2) is 11.2 Å². The number of aryl methyl sites for hydroxylation is 3. The molecular formula is C20H19N7O3. The fraction of sp³-hybridized carbons (Fsp3) is 0.200. The minimum absolute atomic E-state index is 0.123. The third kappa shape index (κ3) is 3.56. The Morgan fingerprint density at radius 3 is 2.37 bits per heavy atom. The zero-order valence-corrected chi connectivity index (χ0v) is 16.9. The van der Waals surface area contributed by atoms with E-state index in [1.807, 2.05) is 18.2 Å². The van der Waals surface area contributed by atoms with Crippen LogP contribution < -0.4 is 16.8 Å². The number of fused-ring (bicyclic) bond motifs is 1. The summed E-state index contributed by atoms with van der Waals surface area (Å²) in [5.74, 6) is 0. The Kier molecular flexibility index (Phi) is 5.46. The first-order valence-corrected chi connectivity index (χ1v) is 8.87. The van der Waals surface area contributed by atoms with Gasteiger partial charge in [-0.2, -0.15) is 5.26 Å². The summed E-state index contributed by atoms with van der Waals surface area (Å²) >= 11 is 0. The van der Waals surface area contributed by atoms with Crippen LogP contribution in [0.2, 0.25) is 0 Å². The van der Waals surface area contributed by atoms with Crippen LogP contribution in [0, 0.1) is 18.3 Å². The molecule has 0 aliphatic carbocycles. The largest absolute Gasteiger partial charge is 0.332 e. The molecule has 152 valence electrons. The quantitative estimate of drug-likeness (QED) is 0.493. The molecule has 0 bridgehead atoms. The summed E-state index contributed by atoms with van der Waals surface area (Å²) in [6.07, 6.45) is 4.86. The number of hydrogen-bond acceptors (Lipinski definition) is 6. The van der Waals surface area contributed by atoms with E-state index in [-0.39, 0.29) is 22.4 Å². The highest BCUT2D eigenvalue weighted by atomic mass is 16.2. The summed E-state index contributed by atoms with van der Waals surface area (Å²) in [5.41, 5.74) is 2.48. The Morgan fingerprint density at radius 2 is 1.73 bits per heavy atom. The summed E-state index contributed by atoms with van der Waals surface area (Å²) in [4.78, 5) is 45.1. The van der Waals surface area contributed by atoms with E-state index in [9.17, 15) is 14.4 Å². The molecule has 1 N–H and O–H groups in total. The molecule has 30 heavy (non-hydrogen) atoms. The molecule has 0 fully saturated rings. The van der Waals surface area contributed by atoms with Crippen LogP contribution in [0.3, 0.4) is 0 Å². The number of imidazole rings is 1. The molecule has 0 aliphatic rings. The number of nitriles is 1. The first kappa shape index (κ1) is 20.5. The van der Waals surface area contributed by atoms with Crippen molar-refractivity contribution >= 4 is 11.2 Å². The number of nitrogens with one attached hydrogen (secondary N) is 1. The minimum Gasteiger partial charge on any atom is -0.328 e. The first-order valence-electron chi connectivity index (χ1n) is 8.87. The Balaban J connectivity index is 0.000000172. The minimum atomic E-state index is -0.360. The van der Waals surface area contributed by atoms with Crippen molar-refractivity contribution in [2.75, 3.05) is 0 Å². The molecule has 4 heterocycles. The summed E-state index contributed by atoms with van der Waals surface area (Å²) in [5, 5.41) is 8.80. The Morgan fingerprint density at radius 1 is 1.07 bits per heavy atom. The number of hydrogen-bond donors (Lipinski definition) is 1. The van der Waals surface area contributed by atoms with Gasteiger partial charge in [-0.3, -0.25) is 23.7 Å². The molecule has 0 saturated heterocycles. The van der Waals surface area contributed by atoms with Gasteiger partial charge in [-0.15, -0.1) is 0 Å². The molecule has 4 aromatic heterocycles. The lowest BCUT2D eigenvalue weighted by molar-refractivity contribution is 0.705. The van der Waals surface area contributed by atoms with Gasteiger partial charge >= 0.3 is 5.69 Å². The maximum Gasteiger partial charge on any atom is 0.332 e. The number of aromatic nitrogens is 6. The van der Waals surface area contributed by atoms with Crippen molar-refractivity contribution < 1.29 is 0 Å². The average molecular weight is 405 g/mol. The van der Waals surface area contributed by atoms with Gasteiger partial charge in [0.05, 0.1) is 6.33 Å². The van der Waals surface area contributed by atoms with Crippen molar-refractivity contribution in [2.24, 2.45) is 21.1 Å². The Hall–Kier alpha value is -4.26. The van der Waals surface area contributed by atoms with E-state index in [0.717, 1.165) is 21.4 Å². The lowest BCUT2D eigenvalue weighted by atomic mass is 10.0. The van der Waals surface area contributed by atoms with Gasteiger partial charge in [-0.05, 0) is 30.7 Å². The third-order valence-electron chi connectivity index (χ3n) is 4.67. The molecule has 10 heteroatoms. The van der Waals surface area contributed by atoms with Gasteiger partial charge in [0.1, 0.15) is 11.6 Å². The number of nitrogens with zero attached hydrogens (tertiary/aromatic N) is 6. The van der Waals surface area contributed by atoms with Crippen LogP contribution in [0.15, 0.2) is 51.3 Å². The fourth-order valence-electron chi connectivity index (χ4n) is 3.01. The highest BCUT2D eigenvalue weighted by molar-refractivity contribution is 5.69. The van der Waals surface area contributed by atoms with E-state index in [1.165, 1.54) is 17.9 Å². The van der Waals surface area contributed by atoms with Crippen molar-refractivity contribution in [3.63, 3.8) is 0 Å². The van der Waals surface area contributed by atoms with E-state index in [1.54, 1.807) is 44.0 Å². The van der Waals surface area contributed by atoms with E-state index < -0.39 is 0 Å². The van der Waals surface area contributed by atoms with Crippen molar-refractivity contribution in [1.29, 1.82) is 5.26 Å². The second-order valence-corrected chi connectivity index (χ2v) is 6.63. The van der Waals surface area contributed by atoms with Crippen LogP contribution in [-0.2, 0) is 21.1 Å². The normalized spacial score (nSPS) is 10.4. The maximum atomic E-state index is 11.7. The molecule has 0 radical (unpaired) electrons. The summed E-state index contributed by atoms with van der Waals surface area (Å²) in [7, 11) is 4.77. The van der Waals surface area contributed by atoms with Crippen LogP contribution in [0.1, 0.15) is 11.3 Å². The van der Waals surface area contributed by atoms with E-state index >= 15 is 0 Å². The predicted molar refractivity (Wildman–Crippen MR) is 111 cm³/mol. The van der Waals surface area contributed by atoms with E-state index in [2.05, 4.69) is 15.0 Å². The van der Waals surface area contributed by atoms with Gasteiger partial charge < -0.3 is 9.55 Å². The monoisotopic (exact) mass is 405 g/mol. The molecule has 0 aromatic carbocycles. The lowest BCUT2D eigenvalue weighted by Crippen LogP contribution is -2.37. The van der Waals surface area contributed by atoms with Gasteiger partial charge in [-0.1, -0.05) is 0 Å². The zero-order chi connectivity index (χ0) is 22.0. The van der Waals surface area contributed by atoms with Crippen molar-refractivity contribution in [3.8, 4) is 17.2 Å². The highest BCUT2D eigenvalue weighted by Crippen LogP contribution is 2.20. The molecule has 0 atom stereocenters. The molecule has 10 nitrogen and oxygen atoms in total. The Labute approximate surface area is 170 Å². The molecule has 0 amide bonds. The van der Waals surface area contributed by atoms with E-state index in [4.69, 9.17) is 5.26 Å². The van der Waals surface area contributed by atoms with Crippen molar-refractivity contribution in [1.82, 2.24) is 28.7 Å². The molecule has 4 aromatic rings. The summed E-state index contributed by atoms with van der Waals surface area (Å²) < 4.78 is 4.04. The highest BCUT2D eigenvalue weighted by Gasteiger charge is 2.11. The predicted octanol–water partition coefficient (Wildman–Crippen LogP) is 0.588. The molecule has 0 spiro atoms. The SMILES string of the molecule is Cc1[nH]c(=O)c(C#N)cc1-c1ccncc1.Cn1c(=O)c2c(ncn2C)n(C)c1=O. The number of H-pyrrole nitrogens is 1. The van der Waals surface area contributed by atoms with Gasteiger partial charge in [0, 0.05) is 44.8 Å². The summed E-state index contributed by atoms with van der Waals surface area (Å²) in [6.45, 7) is 1.80. The number of aromatic amines is 1. The van der Waals surface area contributed by atoms with Gasteiger partial charge in [0.2, 0.25) is 0 Å². The molecule has 4 rings (SSSR count). The first-order chi connectivity index (χ1) is 14.3. The number of pyridine rings is 2. The van der Waals surface area contributed by atoms with Crippen molar-refractivity contribution in [3.05, 3.63) is 79.4 Å². The average Bonchev–Trinajstić information content (AvgIpc) is 3.13. The molecule has 0 aliphatic heterocycles. The molecule has 0 saturated carbocycles. The maximum absolute atomic E-state index is 11.7. The van der Waals surface area contributed by atoms with Crippen LogP contribution in [0.25, 0.3) is 22.3 Å². The molecular weight excluding hydrogens is 386 g/mol. The van der Waals surface area contributed by atoms with Gasteiger partial charge in [-0.25, -0.2) is 9.78 Å². The number of rotatable bonds is 1. The topological polar surface area (TPSA) is 131 Å². The second kappa shape index (κ2) is 8.00. The van der Waals surface area contributed by atoms with Crippen LogP contribution in [-0.4, -0.2) is 28.7 Å². The van der Waals surface area contributed by atoms with Crippen LogP contribution in [0.5, 0.6) is 0 Å². The lowest BCUT2D eigenvalue weighted by Gasteiger charge is -2.05. The smallest absolute Gasteiger partial charge is 0.328 e. The van der Waals surface area contributed by atoms with Gasteiger partial charge in [0.25, 0.3) is 11.1 Å². The third-order valence-corrected chi connectivity index (χ3v) is 4.67. The molecule has 0 unspecified atom stereocenters. The fourth-order valence-corrected chi connectivity index (χ4v) is 3.01. The Bertz CT molecular complexity index is 1450. The van der Waals surface area contributed by atoms with Crippen LogP contribution >= 0.6 is 0 Å². The second-order valence-electron chi connectivity index (χ2n) is 6.63. The van der Waals surface area contributed by atoms with E-state index in [0.29, 0.717) is 11.2 Å². The van der Waals surface area contributed by atoms with Crippen LogP contribution in [0.4, 0.5) is 0 Å². The standard InChI is InChI=1S/C12H9N3O.C8H10N4O2/c1-8-11(9-2-4-14-5-3-9)6-10(7-13)12(16)15-8;1-10-4-9-6-5(10)7(13)12(3)8(14)11(6)2/h2-6H,1H3,(H,15,16);4H,1-3H3. The summed E-state index contributed by atoms with van der Waals surface area (Å²) in [6, 6.07) is 7.14. The van der Waals surface area contributed by atoms with Crippen molar-refractivity contribution in [2.45, 2.75) is 6.92 Å². The zero-order valence-electron chi connectivity index (χ0n) is 16.9.